The first-order chi connectivity index (χ1) is 14.7. The Kier molecular flexibility index (Phi) is 4.64. The largest absolute Gasteiger partial charge is 0.482 e. The van der Waals surface area contributed by atoms with E-state index in [1.807, 2.05) is 42.5 Å². The minimum Gasteiger partial charge on any atom is -0.482 e. The predicted octanol–water partition coefficient (Wildman–Crippen LogP) is 5.12. The molecule has 2 aliphatic heterocycles. The minimum atomic E-state index is -0.256. The molecular weight excluding hydrogens is 376 g/mol. The highest BCUT2D eigenvalue weighted by atomic mass is 16.5. The first-order valence-corrected chi connectivity index (χ1v) is 10.1. The molecule has 0 bridgehead atoms. The Bertz CT molecular complexity index is 1140. The second kappa shape index (κ2) is 7.59. The predicted molar refractivity (Wildman–Crippen MR) is 119 cm³/mol. The van der Waals surface area contributed by atoms with Crippen LogP contribution in [0.3, 0.4) is 0 Å². The molecule has 2 aliphatic rings. The van der Waals surface area contributed by atoms with Gasteiger partial charge in [0, 0.05) is 29.4 Å². The van der Waals surface area contributed by atoms with Crippen LogP contribution < -0.4 is 20.1 Å². The highest BCUT2D eigenvalue weighted by Gasteiger charge is 2.27. The third-order valence-electron chi connectivity index (χ3n) is 5.28. The standard InChI is InChI=1S/C25H22N2O3/c1-2-26-19-10-8-18-12-20(17-9-11-22-21(13-17)27-24(28)15-29-22)25(30-23(18)14-19)16-6-4-3-5-7-16/h3-14,25-26H,2,15H2,1H3,(H,27,28). The minimum absolute atomic E-state index is 0.0479. The van der Waals surface area contributed by atoms with E-state index in [0.29, 0.717) is 11.4 Å². The maximum absolute atomic E-state index is 11.8. The van der Waals surface area contributed by atoms with Crippen LogP contribution in [-0.2, 0) is 4.79 Å². The topological polar surface area (TPSA) is 59.6 Å². The first-order valence-electron chi connectivity index (χ1n) is 10.1. The molecule has 30 heavy (non-hydrogen) atoms. The van der Waals surface area contributed by atoms with Crippen LogP contribution >= 0.6 is 0 Å². The van der Waals surface area contributed by atoms with Gasteiger partial charge in [-0.3, -0.25) is 4.79 Å². The van der Waals surface area contributed by atoms with Gasteiger partial charge in [-0.2, -0.15) is 0 Å². The van der Waals surface area contributed by atoms with Gasteiger partial charge < -0.3 is 20.1 Å². The molecule has 3 aromatic rings. The molecule has 3 aromatic carbocycles. The van der Waals surface area contributed by atoms with Crippen LogP contribution in [0.25, 0.3) is 11.6 Å². The van der Waals surface area contributed by atoms with Crippen molar-refractivity contribution in [2.75, 3.05) is 23.8 Å². The molecule has 1 amide bonds. The van der Waals surface area contributed by atoms with Crippen molar-refractivity contribution >= 4 is 28.9 Å². The molecule has 5 nitrogen and oxygen atoms in total. The van der Waals surface area contributed by atoms with Crippen molar-refractivity contribution in [3.8, 4) is 11.5 Å². The van der Waals surface area contributed by atoms with Crippen molar-refractivity contribution < 1.29 is 14.3 Å². The lowest BCUT2D eigenvalue weighted by Crippen LogP contribution is -2.25. The molecule has 0 saturated heterocycles. The van der Waals surface area contributed by atoms with Gasteiger partial charge in [0.05, 0.1) is 5.69 Å². The molecular formula is C25H22N2O3. The average Bonchev–Trinajstić information content (AvgIpc) is 2.78. The van der Waals surface area contributed by atoms with E-state index in [0.717, 1.165) is 40.2 Å². The molecule has 1 atom stereocenters. The Labute approximate surface area is 175 Å². The van der Waals surface area contributed by atoms with E-state index in [1.54, 1.807) is 0 Å². The molecule has 0 aliphatic carbocycles. The number of ether oxygens (including phenoxy) is 2. The number of benzene rings is 3. The maximum Gasteiger partial charge on any atom is 0.262 e. The van der Waals surface area contributed by atoms with Crippen molar-refractivity contribution in [2.45, 2.75) is 13.0 Å². The molecule has 1 unspecified atom stereocenters. The van der Waals surface area contributed by atoms with Gasteiger partial charge in [-0.1, -0.05) is 36.4 Å². The summed E-state index contributed by atoms with van der Waals surface area (Å²) in [5, 5.41) is 6.23. The van der Waals surface area contributed by atoms with Gasteiger partial charge >= 0.3 is 0 Å². The summed E-state index contributed by atoms with van der Waals surface area (Å²) in [5.74, 6) is 1.39. The van der Waals surface area contributed by atoms with Crippen molar-refractivity contribution in [1.82, 2.24) is 0 Å². The van der Waals surface area contributed by atoms with Crippen LogP contribution in [0.4, 0.5) is 11.4 Å². The van der Waals surface area contributed by atoms with E-state index >= 15 is 0 Å². The Morgan fingerprint density at radius 2 is 1.90 bits per heavy atom. The second-order valence-corrected chi connectivity index (χ2v) is 7.34. The molecule has 2 heterocycles. The van der Waals surface area contributed by atoms with Crippen molar-refractivity contribution in [2.24, 2.45) is 0 Å². The number of fused-ring (bicyclic) bond motifs is 2. The van der Waals surface area contributed by atoms with E-state index in [-0.39, 0.29) is 18.6 Å². The lowest BCUT2D eigenvalue weighted by atomic mass is 9.90. The fourth-order valence-corrected chi connectivity index (χ4v) is 3.88. The zero-order chi connectivity index (χ0) is 20.5. The summed E-state index contributed by atoms with van der Waals surface area (Å²) in [5.41, 5.74) is 5.83. The number of anilines is 2. The summed E-state index contributed by atoms with van der Waals surface area (Å²) in [6, 6.07) is 22.2. The summed E-state index contributed by atoms with van der Waals surface area (Å²) < 4.78 is 12.0. The van der Waals surface area contributed by atoms with Crippen LogP contribution in [0.1, 0.15) is 29.7 Å². The van der Waals surface area contributed by atoms with Gasteiger partial charge in [0.25, 0.3) is 5.91 Å². The van der Waals surface area contributed by atoms with E-state index < -0.39 is 0 Å². The fraction of sp³-hybridized carbons (Fsp3) is 0.160. The molecule has 0 radical (unpaired) electrons. The molecule has 0 spiro atoms. The van der Waals surface area contributed by atoms with Gasteiger partial charge in [-0.25, -0.2) is 0 Å². The number of hydrogen-bond donors (Lipinski definition) is 2. The zero-order valence-electron chi connectivity index (χ0n) is 16.6. The van der Waals surface area contributed by atoms with E-state index in [9.17, 15) is 4.79 Å². The number of rotatable bonds is 4. The Hall–Kier alpha value is -3.73. The molecule has 5 rings (SSSR count). The van der Waals surface area contributed by atoms with Crippen LogP contribution in [0.2, 0.25) is 0 Å². The molecule has 0 saturated carbocycles. The van der Waals surface area contributed by atoms with Crippen LogP contribution in [-0.4, -0.2) is 19.1 Å². The van der Waals surface area contributed by atoms with Crippen LogP contribution in [0, 0.1) is 0 Å². The number of carbonyl (C=O) groups is 1. The maximum atomic E-state index is 11.8. The average molecular weight is 398 g/mol. The highest BCUT2D eigenvalue weighted by Crippen LogP contribution is 2.44. The molecule has 0 fully saturated rings. The third-order valence-corrected chi connectivity index (χ3v) is 5.28. The van der Waals surface area contributed by atoms with Gasteiger partial charge in [0.1, 0.15) is 17.6 Å². The zero-order valence-corrected chi connectivity index (χ0v) is 16.6. The SMILES string of the molecule is CCNc1ccc2c(c1)OC(c1ccccc1)C(c1ccc3c(c1)NC(=O)CO3)=C2. The third kappa shape index (κ3) is 3.39. The monoisotopic (exact) mass is 398 g/mol. The Morgan fingerprint density at radius 3 is 2.73 bits per heavy atom. The highest BCUT2D eigenvalue weighted by molar-refractivity contribution is 5.97. The summed E-state index contributed by atoms with van der Waals surface area (Å²) in [6.07, 6.45) is 1.91. The van der Waals surface area contributed by atoms with E-state index in [4.69, 9.17) is 9.47 Å². The molecule has 150 valence electrons. The Balaban J connectivity index is 1.61. The van der Waals surface area contributed by atoms with Gasteiger partial charge in [0.2, 0.25) is 0 Å². The van der Waals surface area contributed by atoms with Gasteiger partial charge in [-0.15, -0.1) is 0 Å². The van der Waals surface area contributed by atoms with Gasteiger partial charge in [0.15, 0.2) is 6.61 Å². The Morgan fingerprint density at radius 1 is 1.03 bits per heavy atom. The first kappa shape index (κ1) is 18.3. The quantitative estimate of drug-likeness (QED) is 0.640. The summed E-state index contributed by atoms with van der Waals surface area (Å²) in [4.78, 5) is 11.8. The summed E-state index contributed by atoms with van der Waals surface area (Å²) in [7, 11) is 0. The molecule has 2 N–H and O–H groups in total. The van der Waals surface area contributed by atoms with Crippen molar-refractivity contribution in [1.29, 1.82) is 0 Å². The smallest absolute Gasteiger partial charge is 0.262 e. The number of hydrogen-bond acceptors (Lipinski definition) is 4. The van der Waals surface area contributed by atoms with Crippen molar-refractivity contribution in [3.05, 3.63) is 83.4 Å². The summed E-state index contributed by atoms with van der Waals surface area (Å²) in [6.45, 7) is 2.97. The summed E-state index contributed by atoms with van der Waals surface area (Å²) >= 11 is 0. The normalized spacial score (nSPS) is 16.9. The van der Waals surface area contributed by atoms with Crippen molar-refractivity contribution in [3.63, 3.8) is 0 Å². The number of carbonyl (C=O) groups excluding carboxylic acids is 1. The van der Waals surface area contributed by atoms with E-state index in [1.165, 1.54) is 0 Å². The lowest BCUT2D eigenvalue weighted by Gasteiger charge is -2.29. The molecule has 0 aromatic heterocycles. The number of nitrogens with one attached hydrogen (secondary N) is 2. The second-order valence-electron chi connectivity index (χ2n) is 7.34. The van der Waals surface area contributed by atoms with Crippen LogP contribution in [0.5, 0.6) is 11.5 Å². The number of amides is 1. The lowest BCUT2D eigenvalue weighted by molar-refractivity contribution is -0.118. The molecule has 5 heteroatoms. The van der Waals surface area contributed by atoms with E-state index in [2.05, 4.69) is 47.9 Å². The van der Waals surface area contributed by atoms with Gasteiger partial charge in [-0.05, 0) is 48.4 Å². The van der Waals surface area contributed by atoms with Crippen LogP contribution in [0.15, 0.2) is 66.7 Å². The fourth-order valence-electron chi connectivity index (χ4n) is 3.88.